The van der Waals surface area contributed by atoms with Gasteiger partial charge < -0.3 is 10.1 Å². The first-order valence-corrected chi connectivity index (χ1v) is 9.37. The van der Waals surface area contributed by atoms with Crippen LogP contribution >= 0.6 is 27.5 Å². The van der Waals surface area contributed by atoms with E-state index in [0.29, 0.717) is 34.0 Å². The van der Waals surface area contributed by atoms with E-state index in [-0.39, 0.29) is 30.7 Å². The first kappa shape index (κ1) is 19.4. The third-order valence-corrected chi connectivity index (χ3v) is 4.94. The zero-order valence-electron chi connectivity index (χ0n) is 14.4. The average Bonchev–Trinajstić information content (AvgIpc) is 2.86. The molecule has 1 heterocycles. The van der Waals surface area contributed by atoms with Gasteiger partial charge in [-0.15, -0.1) is 0 Å². The van der Waals surface area contributed by atoms with E-state index >= 15 is 0 Å². The Balaban J connectivity index is 1.54. The fourth-order valence-corrected chi connectivity index (χ4v) is 3.45. The number of hydrogen-bond acceptors (Lipinski definition) is 4. The molecule has 27 heavy (non-hydrogen) atoms. The quantitative estimate of drug-likeness (QED) is 0.670. The summed E-state index contributed by atoms with van der Waals surface area (Å²) in [6.07, 6.45) is 0.531. The van der Waals surface area contributed by atoms with Crippen LogP contribution < -0.4 is 10.1 Å². The van der Waals surface area contributed by atoms with Gasteiger partial charge in [-0.05, 0) is 42.8 Å². The van der Waals surface area contributed by atoms with Gasteiger partial charge in [-0.3, -0.25) is 19.3 Å². The number of fused-ring (bicyclic) bond motifs is 1. The van der Waals surface area contributed by atoms with Crippen molar-refractivity contribution in [1.82, 2.24) is 4.90 Å². The Hall–Kier alpha value is -2.38. The molecule has 1 aliphatic heterocycles. The molecule has 0 spiro atoms. The lowest BCUT2D eigenvalue weighted by Gasteiger charge is -2.13. The molecule has 1 N–H and O–H groups in total. The Morgan fingerprint density at radius 1 is 1.15 bits per heavy atom. The van der Waals surface area contributed by atoms with Crippen LogP contribution in [-0.2, 0) is 4.79 Å². The molecule has 2 aromatic carbocycles. The standard InChI is InChI=1S/C19H16BrClN2O4/c1-27-16-7-5-12(10-15(16)21)22-17(24)3-2-8-23-18(25)13-6-4-11(20)9-14(13)19(23)26/h4-7,9-10H,2-3,8H2,1H3,(H,22,24). The van der Waals surface area contributed by atoms with Gasteiger partial charge in [-0.1, -0.05) is 27.5 Å². The molecule has 0 radical (unpaired) electrons. The van der Waals surface area contributed by atoms with Crippen molar-refractivity contribution < 1.29 is 19.1 Å². The number of benzene rings is 2. The highest BCUT2D eigenvalue weighted by Gasteiger charge is 2.35. The van der Waals surface area contributed by atoms with E-state index in [9.17, 15) is 14.4 Å². The molecule has 0 fully saturated rings. The van der Waals surface area contributed by atoms with Crippen LogP contribution in [0.15, 0.2) is 40.9 Å². The van der Waals surface area contributed by atoms with Crippen molar-refractivity contribution in [3.05, 3.63) is 57.0 Å². The third-order valence-electron chi connectivity index (χ3n) is 4.15. The maximum absolute atomic E-state index is 12.4. The summed E-state index contributed by atoms with van der Waals surface area (Å²) in [5.41, 5.74) is 1.32. The van der Waals surface area contributed by atoms with Gasteiger partial charge in [-0.25, -0.2) is 0 Å². The minimum Gasteiger partial charge on any atom is -0.495 e. The summed E-state index contributed by atoms with van der Waals surface area (Å²) in [7, 11) is 1.51. The number of nitrogens with zero attached hydrogens (tertiary/aromatic N) is 1. The predicted octanol–water partition coefficient (Wildman–Crippen LogP) is 4.13. The molecule has 140 valence electrons. The summed E-state index contributed by atoms with van der Waals surface area (Å²) in [6.45, 7) is 0.181. The van der Waals surface area contributed by atoms with E-state index in [1.165, 1.54) is 12.0 Å². The smallest absolute Gasteiger partial charge is 0.261 e. The normalized spacial score (nSPS) is 12.9. The summed E-state index contributed by atoms with van der Waals surface area (Å²) in [6, 6.07) is 9.93. The molecule has 1 aliphatic rings. The fraction of sp³-hybridized carbons (Fsp3) is 0.211. The Kier molecular flexibility index (Phi) is 5.82. The third kappa shape index (κ3) is 4.14. The molecule has 3 amide bonds. The van der Waals surface area contributed by atoms with Gasteiger partial charge in [0.05, 0.1) is 23.3 Å². The molecular weight excluding hydrogens is 436 g/mol. The molecule has 8 heteroatoms. The van der Waals surface area contributed by atoms with Crippen LogP contribution in [0.5, 0.6) is 5.75 Å². The van der Waals surface area contributed by atoms with Crippen molar-refractivity contribution in [2.45, 2.75) is 12.8 Å². The predicted molar refractivity (Wildman–Crippen MR) is 105 cm³/mol. The number of methoxy groups -OCH3 is 1. The average molecular weight is 452 g/mol. The van der Waals surface area contributed by atoms with Gasteiger partial charge in [0.25, 0.3) is 11.8 Å². The molecule has 0 saturated carbocycles. The van der Waals surface area contributed by atoms with Crippen molar-refractivity contribution in [3.8, 4) is 5.75 Å². The second-order valence-corrected chi connectivity index (χ2v) is 7.28. The van der Waals surface area contributed by atoms with Gasteiger partial charge in [0, 0.05) is 23.1 Å². The second-order valence-electron chi connectivity index (χ2n) is 5.95. The van der Waals surface area contributed by atoms with Crippen molar-refractivity contribution in [2.24, 2.45) is 0 Å². The molecule has 3 rings (SSSR count). The van der Waals surface area contributed by atoms with Crippen LogP contribution in [0.3, 0.4) is 0 Å². The van der Waals surface area contributed by atoms with Crippen LogP contribution in [0.1, 0.15) is 33.6 Å². The Bertz CT molecular complexity index is 932. The number of hydrogen-bond donors (Lipinski definition) is 1. The summed E-state index contributed by atoms with van der Waals surface area (Å²) in [4.78, 5) is 38.0. The number of carbonyl (C=O) groups excluding carboxylic acids is 3. The van der Waals surface area contributed by atoms with Crippen molar-refractivity contribution in [1.29, 1.82) is 0 Å². The van der Waals surface area contributed by atoms with Crippen LogP contribution in [0.25, 0.3) is 0 Å². The molecule has 0 unspecified atom stereocenters. The number of halogens is 2. The van der Waals surface area contributed by atoms with Crippen LogP contribution in [0, 0.1) is 0 Å². The van der Waals surface area contributed by atoms with Crippen LogP contribution in [0.4, 0.5) is 5.69 Å². The number of ether oxygens (including phenoxy) is 1. The van der Waals surface area contributed by atoms with E-state index in [4.69, 9.17) is 16.3 Å². The minimum atomic E-state index is -0.335. The van der Waals surface area contributed by atoms with E-state index in [1.807, 2.05) is 0 Å². The van der Waals surface area contributed by atoms with E-state index in [2.05, 4.69) is 21.2 Å². The van der Waals surface area contributed by atoms with Crippen LogP contribution in [-0.4, -0.2) is 36.3 Å². The SMILES string of the molecule is COc1ccc(NC(=O)CCCN2C(=O)c3ccc(Br)cc3C2=O)cc1Cl. The Morgan fingerprint density at radius 3 is 2.59 bits per heavy atom. The maximum atomic E-state index is 12.4. The molecule has 0 bridgehead atoms. The zero-order valence-corrected chi connectivity index (χ0v) is 16.8. The van der Waals surface area contributed by atoms with Gasteiger partial charge in [0.2, 0.25) is 5.91 Å². The number of rotatable bonds is 6. The first-order chi connectivity index (χ1) is 12.9. The van der Waals surface area contributed by atoms with Crippen molar-refractivity contribution in [2.75, 3.05) is 19.0 Å². The Labute approximate surface area is 169 Å². The molecule has 0 saturated heterocycles. The summed E-state index contributed by atoms with van der Waals surface area (Å²) >= 11 is 9.33. The molecule has 2 aromatic rings. The molecule has 0 aromatic heterocycles. The van der Waals surface area contributed by atoms with Gasteiger partial charge in [0.15, 0.2) is 0 Å². The molecule has 0 atom stereocenters. The highest BCUT2D eigenvalue weighted by molar-refractivity contribution is 9.10. The number of nitrogens with one attached hydrogen (secondary N) is 1. The van der Waals surface area contributed by atoms with Gasteiger partial charge in [0.1, 0.15) is 5.75 Å². The van der Waals surface area contributed by atoms with Crippen molar-refractivity contribution >= 4 is 50.9 Å². The number of imide groups is 1. The number of anilines is 1. The van der Waals surface area contributed by atoms with Crippen LogP contribution in [0.2, 0.25) is 5.02 Å². The summed E-state index contributed by atoms with van der Waals surface area (Å²) < 4.78 is 5.80. The monoisotopic (exact) mass is 450 g/mol. The maximum Gasteiger partial charge on any atom is 0.261 e. The fourth-order valence-electron chi connectivity index (χ4n) is 2.83. The van der Waals surface area contributed by atoms with E-state index in [0.717, 1.165) is 4.47 Å². The van der Waals surface area contributed by atoms with Crippen molar-refractivity contribution in [3.63, 3.8) is 0 Å². The lowest BCUT2D eigenvalue weighted by atomic mass is 10.1. The lowest BCUT2D eigenvalue weighted by molar-refractivity contribution is -0.116. The van der Waals surface area contributed by atoms with Gasteiger partial charge in [-0.2, -0.15) is 0 Å². The largest absolute Gasteiger partial charge is 0.495 e. The Morgan fingerprint density at radius 2 is 1.89 bits per heavy atom. The molecule has 6 nitrogen and oxygen atoms in total. The van der Waals surface area contributed by atoms with E-state index in [1.54, 1.807) is 36.4 Å². The lowest BCUT2D eigenvalue weighted by Crippen LogP contribution is -2.31. The topological polar surface area (TPSA) is 75.7 Å². The van der Waals surface area contributed by atoms with Gasteiger partial charge >= 0.3 is 0 Å². The number of amides is 3. The second kappa shape index (κ2) is 8.10. The highest BCUT2D eigenvalue weighted by atomic mass is 79.9. The molecule has 0 aliphatic carbocycles. The van der Waals surface area contributed by atoms with E-state index < -0.39 is 0 Å². The summed E-state index contributed by atoms with van der Waals surface area (Å²) in [5, 5.41) is 3.13. The minimum absolute atomic E-state index is 0.167. The summed E-state index contributed by atoms with van der Waals surface area (Å²) in [5.74, 6) is -0.369. The molecular formula is C19H16BrClN2O4. The number of carbonyl (C=O) groups is 3. The first-order valence-electron chi connectivity index (χ1n) is 8.20. The zero-order chi connectivity index (χ0) is 19.6. The highest BCUT2D eigenvalue weighted by Crippen LogP contribution is 2.28.